The molecule has 0 spiro atoms. The van der Waals surface area contributed by atoms with E-state index in [1.165, 1.54) is 6.07 Å². The molecule has 0 aromatic heterocycles. The average Bonchev–Trinajstić information content (AvgIpc) is 2.51. The van der Waals surface area contributed by atoms with Crippen LogP contribution in [0.2, 0.25) is 0 Å². The first-order valence-corrected chi connectivity index (χ1v) is 8.79. The summed E-state index contributed by atoms with van der Waals surface area (Å²) in [6, 6.07) is 5.74. The number of aryl methyl sites for hydroxylation is 1. The summed E-state index contributed by atoms with van der Waals surface area (Å²) in [5.41, 5.74) is -0.708. The molecule has 0 aliphatic rings. The molecule has 0 radical (unpaired) electrons. The number of methoxy groups -OCH3 is 1. The molecule has 5 nitrogen and oxygen atoms in total. The van der Waals surface area contributed by atoms with Crippen molar-refractivity contribution in [1.82, 2.24) is 0 Å². The minimum atomic E-state index is -4.15. The molecule has 0 fully saturated rings. The topological polar surface area (TPSA) is 72.5 Å². The first kappa shape index (κ1) is 18.3. The van der Waals surface area contributed by atoms with Crippen molar-refractivity contribution in [3.63, 3.8) is 0 Å². The SMILES string of the molecule is COC(=O)c1cc(NS(=O)(=O)c2cc(Br)ccc2C)c(F)cc1F. The lowest BCUT2D eigenvalue weighted by Crippen LogP contribution is -2.16. The Kier molecular flexibility index (Phi) is 5.24. The van der Waals surface area contributed by atoms with Gasteiger partial charge in [-0.25, -0.2) is 22.0 Å². The lowest BCUT2D eigenvalue weighted by Gasteiger charge is -2.12. The number of carbonyl (C=O) groups is 1. The van der Waals surface area contributed by atoms with E-state index in [2.05, 4.69) is 20.7 Å². The molecular weight excluding hydrogens is 408 g/mol. The smallest absolute Gasteiger partial charge is 0.340 e. The first-order chi connectivity index (χ1) is 11.2. The van der Waals surface area contributed by atoms with Gasteiger partial charge >= 0.3 is 5.97 Å². The van der Waals surface area contributed by atoms with Crippen LogP contribution in [0, 0.1) is 18.6 Å². The van der Waals surface area contributed by atoms with Crippen molar-refractivity contribution in [2.75, 3.05) is 11.8 Å². The van der Waals surface area contributed by atoms with Crippen molar-refractivity contribution in [1.29, 1.82) is 0 Å². The molecule has 0 unspecified atom stereocenters. The predicted molar refractivity (Wildman–Crippen MR) is 87.4 cm³/mol. The number of carbonyl (C=O) groups excluding carboxylic acids is 1. The van der Waals surface area contributed by atoms with E-state index in [1.807, 2.05) is 4.72 Å². The number of anilines is 1. The third-order valence-corrected chi connectivity index (χ3v) is 5.15. The fourth-order valence-corrected chi connectivity index (χ4v) is 3.80. The number of esters is 1. The summed E-state index contributed by atoms with van der Waals surface area (Å²) in [6.07, 6.45) is 0. The third kappa shape index (κ3) is 3.73. The summed E-state index contributed by atoms with van der Waals surface area (Å²) in [6.45, 7) is 1.57. The summed E-state index contributed by atoms with van der Waals surface area (Å²) < 4.78 is 59.3. The monoisotopic (exact) mass is 419 g/mol. The maximum absolute atomic E-state index is 13.9. The van der Waals surface area contributed by atoms with E-state index < -0.39 is 38.9 Å². The van der Waals surface area contributed by atoms with E-state index >= 15 is 0 Å². The lowest BCUT2D eigenvalue weighted by atomic mass is 10.2. The molecule has 0 aliphatic carbocycles. The Morgan fingerprint density at radius 1 is 1.17 bits per heavy atom. The van der Waals surface area contributed by atoms with Crippen LogP contribution in [0.15, 0.2) is 39.7 Å². The van der Waals surface area contributed by atoms with Gasteiger partial charge in [-0.2, -0.15) is 0 Å². The van der Waals surface area contributed by atoms with E-state index in [4.69, 9.17) is 0 Å². The standard InChI is InChI=1S/C15H12BrF2NO4S/c1-8-3-4-9(16)5-14(8)24(21,22)19-13-6-10(15(20)23-2)11(17)7-12(13)18/h3-7,19H,1-2H3. The van der Waals surface area contributed by atoms with E-state index in [9.17, 15) is 22.0 Å². The van der Waals surface area contributed by atoms with Gasteiger partial charge in [0.2, 0.25) is 0 Å². The summed E-state index contributed by atoms with van der Waals surface area (Å²) in [5.74, 6) is -3.36. The largest absolute Gasteiger partial charge is 0.465 e. The minimum absolute atomic E-state index is 0.0831. The Hall–Kier alpha value is -2.00. The molecule has 0 amide bonds. The molecule has 1 N–H and O–H groups in total. The van der Waals surface area contributed by atoms with E-state index in [-0.39, 0.29) is 4.90 Å². The fraction of sp³-hybridized carbons (Fsp3) is 0.133. The van der Waals surface area contributed by atoms with Crippen LogP contribution in [-0.4, -0.2) is 21.5 Å². The number of hydrogen-bond donors (Lipinski definition) is 1. The van der Waals surface area contributed by atoms with Crippen LogP contribution < -0.4 is 4.72 Å². The summed E-state index contributed by atoms with van der Waals surface area (Å²) in [4.78, 5) is 11.4. The van der Waals surface area contributed by atoms with Gasteiger partial charge in [0, 0.05) is 10.5 Å². The molecule has 2 aromatic rings. The van der Waals surface area contributed by atoms with Crippen LogP contribution in [0.5, 0.6) is 0 Å². The van der Waals surface area contributed by atoms with Gasteiger partial charge in [0.15, 0.2) is 0 Å². The van der Waals surface area contributed by atoms with Gasteiger partial charge in [-0.1, -0.05) is 22.0 Å². The maximum atomic E-state index is 13.9. The van der Waals surface area contributed by atoms with Crippen molar-refractivity contribution in [2.24, 2.45) is 0 Å². The van der Waals surface area contributed by atoms with Crippen LogP contribution in [0.25, 0.3) is 0 Å². The number of benzene rings is 2. The molecule has 24 heavy (non-hydrogen) atoms. The Balaban J connectivity index is 2.50. The molecule has 9 heteroatoms. The number of nitrogens with one attached hydrogen (secondary N) is 1. The van der Waals surface area contributed by atoms with Crippen LogP contribution in [0.4, 0.5) is 14.5 Å². The van der Waals surface area contributed by atoms with Crippen molar-refractivity contribution >= 4 is 37.6 Å². The quantitative estimate of drug-likeness (QED) is 0.768. The highest BCUT2D eigenvalue weighted by Crippen LogP contribution is 2.26. The molecule has 0 bridgehead atoms. The van der Waals surface area contributed by atoms with Gasteiger partial charge in [0.1, 0.15) is 11.6 Å². The van der Waals surface area contributed by atoms with Gasteiger partial charge in [0.05, 0.1) is 23.3 Å². The zero-order valence-electron chi connectivity index (χ0n) is 12.6. The van der Waals surface area contributed by atoms with E-state index in [0.717, 1.165) is 13.2 Å². The fourth-order valence-electron chi connectivity index (χ4n) is 1.96. The molecule has 2 rings (SSSR count). The minimum Gasteiger partial charge on any atom is -0.465 e. The number of ether oxygens (including phenoxy) is 1. The van der Waals surface area contributed by atoms with E-state index in [1.54, 1.807) is 19.1 Å². The number of sulfonamides is 1. The Labute approximate surface area is 145 Å². The Morgan fingerprint density at radius 3 is 2.46 bits per heavy atom. The second-order valence-electron chi connectivity index (χ2n) is 4.82. The van der Waals surface area contributed by atoms with Crippen molar-refractivity contribution < 1.29 is 26.7 Å². The van der Waals surface area contributed by atoms with Gasteiger partial charge in [-0.15, -0.1) is 0 Å². The van der Waals surface area contributed by atoms with Crippen molar-refractivity contribution in [3.8, 4) is 0 Å². The zero-order chi connectivity index (χ0) is 18.1. The molecular formula is C15H12BrF2NO4S. The molecule has 128 valence electrons. The zero-order valence-corrected chi connectivity index (χ0v) is 15.0. The second-order valence-corrected chi connectivity index (χ2v) is 7.39. The van der Waals surface area contributed by atoms with Crippen LogP contribution in [0.1, 0.15) is 15.9 Å². The van der Waals surface area contributed by atoms with Crippen LogP contribution in [0.3, 0.4) is 0 Å². The number of hydrogen-bond acceptors (Lipinski definition) is 4. The average molecular weight is 420 g/mol. The Morgan fingerprint density at radius 2 is 1.83 bits per heavy atom. The van der Waals surface area contributed by atoms with Crippen LogP contribution >= 0.6 is 15.9 Å². The number of halogens is 3. The van der Waals surface area contributed by atoms with Crippen LogP contribution in [-0.2, 0) is 14.8 Å². The van der Waals surface area contributed by atoms with Gasteiger partial charge in [-0.05, 0) is 30.7 Å². The van der Waals surface area contributed by atoms with Gasteiger partial charge in [-0.3, -0.25) is 4.72 Å². The summed E-state index contributed by atoms with van der Waals surface area (Å²) >= 11 is 3.16. The summed E-state index contributed by atoms with van der Waals surface area (Å²) in [5, 5.41) is 0. The highest BCUT2D eigenvalue weighted by molar-refractivity contribution is 9.10. The van der Waals surface area contributed by atoms with Gasteiger partial charge in [0.25, 0.3) is 10.0 Å². The normalized spacial score (nSPS) is 11.2. The molecule has 0 saturated carbocycles. The van der Waals surface area contributed by atoms with Gasteiger partial charge < -0.3 is 4.74 Å². The highest BCUT2D eigenvalue weighted by atomic mass is 79.9. The summed E-state index contributed by atoms with van der Waals surface area (Å²) in [7, 11) is -3.12. The van der Waals surface area contributed by atoms with Crippen molar-refractivity contribution in [3.05, 3.63) is 57.6 Å². The second kappa shape index (κ2) is 6.86. The molecule has 0 heterocycles. The predicted octanol–water partition coefficient (Wildman–Crippen LogP) is 3.62. The first-order valence-electron chi connectivity index (χ1n) is 6.52. The lowest BCUT2D eigenvalue weighted by molar-refractivity contribution is 0.0595. The molecule has 2 aromatic carbocycles. The van der Waals surface area contributed by atoms with E-state index in [0.29, 0.717) is 16.1 Å². The highest BCUT2D eigenvalue weighted by Gasteiger charge is 2.22. The Bertz CT molecular complexity index is 916. The maximum Gasteiger partial charge on any atom is 0.340 e. The third-order valence-electron chi connectivity index (χ3n) is 3.15. The molecule has 0 saturated heterocycles. The molecule has 0 atom stereocenters. The molecule has 0 aliphatic heterocycles. The number of rotatable bonds is 4. The van der Waals surface area contributed by atoms with Crippen molar-refractivity contribution in [2.45, 2.75) is 11.8 Å².